The Bertz CT molecular complexity index is 732. The van der Waals surface area contributed by atoms with Gasteiger partial charge < -0.3 is 16.4 Å². The first-order valence-corrected chi connectivity index (χ1v) is 9.07. The van der Waals surface area contributed by atoms with Crippen LogP contribution in [0.1, 0.15) is 47.7 Å². The minimum atomic E-state index is -0.0607. The molecule has 0 heterocycles. The third-order valence-electron chi connectivity index (χ3n) is 4.20. The van der Waals surface area contributed by atoms with Crippen molar-refractivity contribution >= 4 is 29.9 Å². The number of aryl methyl sites for hydroxylation is 1. The topological polar surface area (TPSA) is 84.2 Å². The summed E-state index contributed by atoms with van der Waals surface area (Å²) in [5.74, 6) is -0.0795. The SMILES string of the molecule is CCCCNC(=O)c1ccc(CNC(=O)CCc2ccccc2N)cc1.Cl. The van der Waals surface area contributed by atoms with Crippen LogP contribution < -0.4 is 16.4 Å². The van der Waals surface area contributed by atoms with Crippen LogP contribution in [0.25, 0.3) is 0 Å². The van der Waals surface area contributed by atoms with E-state index in [0.717, 1.165) is 24.0 Å². The molecule has 0 aliphatic rings. The second kappa shape index (κ2) is 12.0. The maximum Gasteiger partial charge on any atom is 0.251 e. The predicted molar refractivity (Wildman–Crippen MR) is 112 cm³/mol. The molecular formula is C21H28ClN3O2. The van der Waals surface area contributed by atoms with Crippen molar-refractivity contribution in [2.24, 2.45) is 0 Å². The quantitative estimate of drug-likeness (QED) is 0.453. The van der Waals surface area contributed by atoms with Gasteiger partial charge in [0.15, 0.2) is 0 Å². The number of halogens is 1. The fourth-order valence-electron chi connectivity index (χ4n) is 2.55. The van der Waals surface area contributed by atoms with Gasteiger partial charge in [-0.05, 0) is 42.2 Å². The molecule has 0 atom stereocenters. The average molecular weight is 390 g/mol. The highest BCUT2D eigenvalue weighted by molar-refractivity contribution is 5.94. The highest BCUT2D eigenvalue weighted by Gasteiger charge is 2.06. The van der Waals surface area contributed by atoms with Crippen LogP contribution in [0.5, 0.6) is 0 Å². The molecule has 0 saturated carbocycles. The van der Waals surface area contributed by atoms with Gasteiger partial charge in [0.25, 0.3) is 5.91 Å². The normalized spacial score (nSPS) is 9.96. The molecular weight excluding hydrogens is 362 g/mol. The minimum absolute atomic E-state index is 0. The Balaban J connectivity index is 0.00000364. The molecule has 2 amide bonds. The number of benzene rings is 2. The van der Waals surface area contributed by atoms with E-state index in [1.807, 2.05) is 36.4 Å². The molecule has 0 spiro atoms. The lowest BCUT2D eigenvalue weighted by atomic mass is 10.1. The first-order valence-electron chi connectivity index (χ1n) is 9.07. The van der Waals surface area contributed by atoms with Gasteiger partial charge in [0.2, 0.25) is 5.91 Å². The summed E-state index contributed by atoms with van der Waals surface area (Å²) in [6.45, 7) is 3.23. The van der Waals surface area contributed by atoms with Crippen molar-refractivity contribution in [3.8, 4) is 0 Å². The number of hydrogen-bond acceptors (Lipinski definition) is 3. The zero-order valence-corrected chi connectivity index (χ0v) is 16.5. The van der Waals surface area contributed by atoms with Crippen LogP contribution in [-0.2, 0) is 17.8 Å². The lowest BCUT2D eigenvalue weighted by Crippen LogP contribution is -2.25. The van der Waals surface area contributed by atoms with Crippen molar-refractivity contribution in [2.45, 2.75) is 39.2 Å². The summed E-state index contributed by atoms with van der Waals surface area (Å²) in [5, 5.41) is 5.79. The molecule has 0 fully saturated rings. The van der Waals surface area contributed by atoms with E-state index in [1.165, 1.54) is 0 Å². The van der Waals surface area contributed by atoms with Crippen molar-refractivity contribution in [3.63, 3.8) is 0 Å². The number of rotatable bonds is 9. The Morgan fingerprint density at radius 2 is 1.70 bits per heavy atom. The maximum absolute atomic E-state index is 12.0. The van der Waals surface area contributed by atoms with Crippen LogP contribution in [0.3, 0.4) is 0 Å². The second-order valence-electron chi connectivity index (χ2n) is 6.28. The van der Waals surface area contributed by atoms with Crippen molar-refractivity contribution < 1.29 is 9.59 Å². The molecule has 0 saturated heterocycles. The van der Waals surface area contributed by atoms with E-state index < -0.39 is 0 Å². The highest BCUT2D eigenvalue weighted by Crippen LogP contribution is 2.12. The maximum atomic E-state index is 12.0. The lowest BCUT2D eigenvalue weighted by Gasteiger charge is -2.08. The Morgan fingerprint density at radius 1 is 1.00 bits per heavy atom. The van der Waals surface area contributed by atoms with Gasteiger partial charge >= 0.3 is 0 Å². The summed E-state index contributed by atoms with van der Waals surface area (Å²) in [6, 6.07) is 14.9. The molecule has 0 bridgehead atoms. The summed E-state index contributed by atoms with van der Waals surface area (Å²) < 4.78 is 0. The second-order valence-corrected chi connectivity index (χ2v) is 6.28. The smallest absolute Gasteiger partial charge is 0.251 e. The number of para-hydroxylation sites is 1. The average Bonchev–Trinajstić information content (AvgIpc) is 2.66. The van der Waals surface area contributed by atoms with Gasteiger partial charge in [0.1, 0.15) is 0 Å². The summed E-state index contributed by atoms with van der Waals surface area (Å²) in [6.07, 6.45) is 3.04. The molecule has 2 aromatic carbocycles. The molecule has 0 aliphatic carbocycles. The Hall–Kier alpha value is -2.53. The number of hydrogen-bond donors (Lipinski definition) is 3. The molecule has 0 aromatic heterocycles. The van der Waals surface area contributed by atoms with Gasteiger partial charge in [0, 0.05) is 30.8 Å². The molecule has 27 heavy (non-hydrogen) atoms. The zero-order chi connectivity index (χ0) is 18.8. The third-order valence-corrected chi connectivity index (χ3v) is 4.20. The molecule has 2 aromatic rings. The molecule has 5 nitrogen and oxygen atoms in total. The number of nitrogens with two attached hydrogens (primary N) is 1. The van der Waals surface area contributed by atoms with Gasteiger partial charge in [0.05, 0.1) is 0 Å². The van der Waals surface area contributed by atoms with E-state index in [1.54, 1.807) is 12.1 Å². The fourth-order valence-corrected chi connectivity index (χ4v) is 2.55. The van der Waals surface area contributed by atoms with E-state index in [0.29, 0.717) is 37.2 Å². The van der Waals surface area contributed by atoms with E-state index in [2.05, 4.69) is 17.6 Å². The lowest BCUT2D eigenvalue weighted by molar-refractivity contribution is -0.121. The van der Waals surface area contributed by atoms with Crippen molar-refractivity contribution in [1.82, 2.24) is 10.6 Å². The zero-order valence-electron chi connectivity index (χ0n) is 15.7. The molecule has 4 N–H and O–H groups in total. The molecule has 0 unspecified atom stereocenters. The van der Waals surface area contributed by atoms with E-state index in [-0.39, 0.29) is 24.2 Å². The standard InChI is InChI=1S/C21H27N3O2.ClH/c1-2-3-14-23-21(26)18-10-8-16(9-11-18)15-24-20(25)13-12-17-6-4-5-7-19(17)22;/h4-11H,2-3,12-15,22H2,1H3,(H,23,26)(H,24,25);1H. The van der Waals surface area contributed by atoms with Crippen molar-refractivity contribution in [3.05, 3.63) is 65.2 Å². The third kappa shape index (κ3) is 7.71. The van der Waals surface area contributed by atoms with Gasteiger partial charge in [-0.15, -0.1) is 12.4 Å². The van der Waals surface area contributed by atoms with Crippen LogP contribution in [-0.4, -0.2) is 18.4 Å². The van der Waals surface area contributed by atoms with E-state index in [9.17, 15) is 9.59 Å². The molecule has 0 radical (unpaired) electrons. The van der Waals surface area contributed by atoms with E-state index in [4.69, 9.17) is 5.73 Å². The predicted octanol–water partition coefficient (Wildman–Crippen LogP) is 3.47. The van der Waals surface area contributed by atoms with Crippen LogP contribution in [0.15, 0.2) is 48.5 Å². The first kappa shape index (κ1) is 22.5. The molecule has 6 heteroatoms. The number of amides is 2. The molecule has 146 valence electrons. The van der Waals surface area contributed by atoms with Gasteiger partial charge in [-0.3, -0.25) is 9.59 Å². The van der Waals surface area contributed by atoms with Crippen LogP contribution >= 0.6 is 12.4 Å². The largest absolute Gasteiger partial charge is 0.399 e. The van der Waals surface area contributed by atoms with Crippen LogP contribution in [0.2, 0.25) is 0 Å². The van der Waals surface area contributed by atoms with Crippen molar-refractivity contribution in [2.75, 3.05) is 12.3 Å². The Kier molecular flexibility index (Phi) is 9.98. The minimum Gasteiger partial charge on any atom is -0.399 e. The summed E-state index contributed by atoms with van der Waals surface area (Å²) in [5.41, 5.74) is 9.18. The molecule has 2 rings (SSSR count). The number of anilines is 1. The number of carbonyl (C=O) groups excluding carboxylic acids is 2. The van der Waals surface area contributed by atoms with Gasteiger partial charge in [-0.2, -0.15) is 0 Å². The number of nitrogen functional groups attached to an aromatic ring is 1. The van der Waals surface area contributed by atoms with Gasteiger partial charge in [-0.25, -0.2) is 0 Å². The summed E-state index contributed by atoms with van der Waals surface area (Å²) >= 11 is 0. The Morgan fingerprint density at radius 3 is 2.37 bits per heavy atom. The van der Waals surface area contributed by atoms with Crippen LogP contribution in [0.4, 0.5) is 5.69 Å². The fraction of sp³-hybridized carbons (Fsp3) is 0.333. The number of carbonyl (C=O) groups is 2. The first-order chi connectivity index (χ1) is 12.6. The Labute approximate surface area is 167 Å². The monoisotopic (exact) mass is 389 g/mol. The molecule has 0 aliphatic heterocycles. The number of unbranched alkanes of at least 4 members (excludes halogenated alkanes) is 1. The van der Waals surface area contributed by atoms with Crippen molar-refractivity contribution in [1.29, 1.82) is 0 Å². The number of nitrogens with one attached hydrogen (secondary N) is 2. The van der Waals surface area contributed by atoms with Crippen LogP contribution in [0, 0.1) is 0 Å². The van der Waals surface area contributed by atoms with E-state index >= 15 is 0 Å². The van der Waals surface area contributed by atoms with Gasteiger partial charge in [-0.1, -0.05) is 43.7 Å². The summed E-state index contributed by atoms with van der Waals surface area (Å²) in [7, 11) is 0. The highest BCUT2D eigenvalue weighted by atomic mass is 35.5. The summed E-state index contributed by atoms with van der Waals surface area (Å²) in [4.78, 5) is 24.0.